The number of carbonyl (C=O) groups excluding carboxylic acids is 2. The number of hydrogen-bond donors (Lipinski definition) is 2. The van der Waals surface area contributed by atoms with Gasteiger partial charge < -0.3 is 14.8 Å². The first-order valence-electron chi connectivity index (χ1n) is 6.18. The van der Waals surface area contributed by atoms with E-state index in [2.05, 4.69) is 10.6 Å². The molecule has 0 atom stereocenters. The molecule has 106 valence electrons. The number of urea groups is 1. The van der Waals surface area contributed by atoms with E-state index in [1.165, 1.54) is 0 Å². The maximum Gasteiger partial charge on any atom is 0.326 e. The summed E-state index contributed by atoms with van der Waals surface area (Å²) in [7, 11) is 1.55. The highest BCUT2D eigenvalue weighted by atomic mass is 16.5. The first-order valence-corrected chi connectivity index (χ1v) is 6.18. The zero-order valence-electron chi connectivity index (χ0n) is 11.5. The topological polar surface area (TPSA) is 76.7 Å². The molecule has 2 rings (SSSR count). The predicted molar refractivity (Wildman–Crippen MR) is 73.4 cm³/mol. The van der Waals surface area contributed by atoms with Gasteiger partial charge in [-0.3, -0.25) is 10.1 Å². The Balaban J connectivity index is 2.28. The summed E-state index contributed by atoms with van der Waals surface area (Å²) in [6.07, 6.45) is 1.61. The summed E-state index contributed by atoms with van der Waals surface area (Å²) in [5.74, 6) is 0.749. The molecule has 2 N–H and O–H groups in total. The maximum absolute atomic E-state index is 11.4. The molecule has 1 heterocycles. The number of ether oxygens (including phenoxy) is 2. The summed E-state index contributed by atoms with van der Waals surface area (Å²) < 4.78 is 10.9. The van der Waals surface area contributed by atoms with Gasteiger partial charge in [0.25, 0.3) is 5.91 Å². The molecule has 3 amide bonds. The fourth-order valence-electron chi connectivity index (χ4n) is 1.77. The number of amides is 3. The number of carbonyl (C=O) groups is 2. The fourth-order valence-corrected chi connectivity index (χ4v) is 1.77. The third kappa shape index (κ3) is 3.09. The molecule has 0 saturated carbocycles. The highest BCUT2D eigenvalue weighted by Gasteiger charge is 2.22. The van der Waals surface area contributed by atoms with E-state index >= 15 is 0 Å². The number of imide groups is 1. The molecule has 0 bridgehead atoms. The van der Waals surface area contributed by atoms with Crippen LogP contribution in [-0.4, -0.2) is 25.2 Å². The van der Waals surface area contributed by atoms with Crippen LogP contribution in [0.3, 0.4) is 0 Å². The van der Waals surface area contributed by atoms with Gasteiger partial charge in [-0.1, -0.05) is 6.07 Å². The van der Waals surface area contributed by atoms with Crippen LogP contribution in [0.1, 0.15) is 19.4 Å². The molecule has 6 heteroatoms. The van der Waals surface area contributed by atoms with Crippen LogP contribution in [0, 0.1) is 0 Å². The zero-order valence-corrected chi connectivity index (χ0v) is 11.5. The lowest BCUT2D eigenvalue weighted by molar-refractivity contribution is -0.115. The van der Waals surface area contributed by atoms with Gasteiger partial charge in [0.1, 0.15) is 5.70 Å². The zero-order chi connectivity index (χ0) is 14.7. The molecule has 0 aliphatic carbocycles. The molecule has 1 aliphatic heterocycles. The summed E-state index contributed by atoms with van der Waals surface area (Å²) in [5, 5.41) is 4.57. The number of hydrogen-bond acceptors (Lipinski definition) is 4. The second-order valence-electron chi connectivity index (χ2n) is 4.54. The minimum absolute atomic E-state index is 0.0352. The van der Waals surface area contributed by atoms with Crippen molar-refractivity contribution in [3.8, 4) is 11.5 Å². The Kier molecular flexibility index (Phi) is 3.93. The molecule has 0 radical (unpaired) electrons. The second kappa shape index (κ2) is 5.64. The lowest BCUT2D eigenvalue weighted by atomic mass is 10.1. The average Bonchev–Trinajstić information content (AvgIpc) is 2.69. The number of nitrogens with one attached hydrogen (secondary N) is 2. The molecule has 0 aromatic heterocycles. The van der Waals surface area contributed by atoms with Crippen molar-refractivity contribution in [1.82, 2.24) is 10.6 Å². The average molecular weight is 276 g/mol. The van der Waals surface area contributed by atoms with Crippen LogP contribution in [-0.2, 0) is 4.79 Å². The molecule has 0 unspecified atom stereocenters. The Morgan fingerprint density at radius 1 is 1.15 bits per heavy atom. The Morgan fingerprint density at radius 3 is 2.45 bits per heavy atom. The lowest BCUT2D eigenvalue weighted by Gasteiger charge is -2.13. The summed E-state index contributed by atoms with van der Waals surface area (Å²) in [4.78, 5) is 22.5. The highest BCUT2D eigenvalue weighted by Crippen LogP contribution is 2.29. The van der Waals surface area contributed by atoms with Crippen molar-refractivity contribution >= 4 is 18.0 Å². The third-order valence-corrected chi connectivity index (χ3v) is 2.58. The molecule has 1 saturated heterocycles. The van der Waals surface area contributed by atoms with E-state index in [4.69, 9.17) is 9.47 Å². The van der Waals surface area contributed by atoms with Crippen molar-refractivity contribution in [3.63, 3.8) is 0 Å². The Labute approximate surface area is 116 Å². The Morgan fingerprint density at radius 2 is 1.90 bits per heavy atom. The SMILES string of the molecule is COc1cc(/C=C2/NC(=O)NC2=O)ccc1OC(C)C. The van der Waals surface area contributed by atoms with Crippen LogP contribution in [0.15, 0.2) is 23.9 Å². The Bertz CT molecular complexity index is 579. The molecule has 1 aliphatic rings. The smallest absolute Gasteiger partial charge is 0.326 e. The van der Waals surface area contributed by atoms with Crippen molar-refractivity contribution in [2.24, 2.45) is 0 Å². The van der Waals surface area contributed by atoms with Crippen LogP contribution in [0.25, 0.3) is 6.08 Å². The summed E-state index contributed by atoms with van der Waals surface area (Å²) in [6, 6.07) is 4.76. The van der Waals surface area contributed by atoms with Gasteiger partial charge in [0.2, 0.25) is 0 Å². The molecule has 1 aromatic carbocycles. The molecule has 1 aromatic rings. The summed E-state index contributed by atoms with van der Waals surface area (Å²) in [5.41, 5.74) is 0.930. The van der Waals surface area contributed by atoms with Gasteiger partial charge in [-0.25, -0.2) is 4.79 Å². The quantitative estimate of drug-likeness (QED) is 0.647. The van der Waals surface area contributed by atoms with E-state index in [0.717, 1.165) is 5.56 Å². The lowest BCUT2D eigenvalue weighted by Crippen LogP contribution is -2.22. The first kappa shape index (κ1) is 13.9. The minimum Gasteiger partial charge on any atom is -0.493 e. The molecular formula is C14H16N2O4. The number of rotatable bonds is 4. The fraction of sp³-hybridized carbons (Fsp3) is 0.286. The van der Waals surface area contributed by atoms with Crippen molar-refractivity contribution in [2.45, 2.75) is 20.0 Å². The van der Waals surface area contributed by atoms with E-state index < -0.39 is 11.9 Å². The Hall–Kier alpha value is -2.50. The standard InChI is InChI=1S/C14H16N2O4/c1-8(2)20-11-5-4-9(7-12(11)19-3)6-10-13(17)16-14(18)15-10/h4-8H,1-3H3,(H2,15,16,17,18)/b10-6+. The third-order valence-electron chi connectivity index (χ3n) is 2.58. The van der Waals surface area contributed by atoms with Gasteiger partial charge in [-0.2, -0.15) is 0 Å². The van der Waals surface area contributed by atoms with E-state index in [9.17, 15) is 9.59 Å². The molecule has 0 spiro atoms. The van der Waals surface area contributed by atoms with Crippen LogP contribution in [0.5, 0.6) is 11.5 Å². The highest BCUT2D eigenvalue weighted by molar-refractivity contribution is 6.13. The van der Waals surface area contributed by atoms with E-state index in [0.29, 0.717) is 11.5 Å². The van der Waals surface area contributed by atoms with Crippen molar-refractivity contribution < 1.29 is 19.1 Å². The monoisotopic (exact) mass is 276 g/mol. The van der Waals surface area contributed by atoms with Gasteiger partial charge >= 0.3 is 6.03 Å². The normalized spacial score (nSPS) is 16.3. The summed E-state index contributed by atoms with van der Waals surface area (Å²) in [6.45, 7) is 3.85. The predicted octanol–water partition coefficient (Wildman–Crippen LogP) is 1.66. The number of benzene rings is 1. The van der Waals surface area contributed by atoms with Crippen LogP contribution in [0.2, 0.25) is 0 Å². The van der Waals surface area contributed by atoms with Gasteiger partial charge in [0.05, 0.1) is 13.2 Å². The van der Waals surface area contributed by atoms with E-state index in [1.807, 2.05) is 13.8 Å². The van der Waals surface area contributed by atoms with Gasteiger partial charge in [-0.05, 0) is 37.6 Å². The van der Waals surface area contributed by atoms with Crippen LogP contribution in [0.4, 0.5) is 4.79 Å². The maximum atomic E-state index is 11.4. The van der Waals surface area contributed by atoms with E-state index in [-0.39, 0.29) is 11.8 Å². The van der Waals surface area contributed by atoms with Gasteiger partial charge in [0, 0.05) is 0 Å². The van der Waals surface area contributed by atoms with E-state index in [1.54, 1.807) is 31.4 Å². The molecule has 1 fully saturated rings. The van der Waals surface area contributed by atoms with Crippen molar-refractivity contribution in [1.29, 1.82) is 0 Å². The number of methoxy groups -OCH3 is 1. The van der Waals surface area contributed by atoms with Crippen molar-refractivity contribution in [2.75, 3.05) is 7.11 Å². The first-order chi connectivity index (χ1) is 9.49. The minimum atomic E-state index is -0.520. The van der Waals surface area contributed by atoms with Crippen LogP contribution < -0.4 is 20.1 Å². The van der Waals surface area contributed by atoms with Crippen LogP contribution >= 0.6 is 0 Å². The second-order valence-corrected chi connectivity index (χ2v) is 4.54. The molecular weight excluding hydrogens is 260 g/mol. The van der Waals surface area contributed by atoms with Gasteiger partial charge in [0.15, 0.2) is 11.5 Å². The summed E-state index contributed by atoms with van der Waals surface area (Å²) >= 11 is 0. The van der Waals surface area contributed by atoms with Gasteiger partial charge in [-0.15, -0.1) is 0 Å². The van der Waals surface area contributed by atoms with Crippen molar-refractivity contribution in [3.05, 3.63) is 29.5 Å². The largest absolute Gasteiger partial charge is 0.493 e. The molecule has 6 nitrogen and oxygen atoms in total. The molecule has 20 heavy (non-hydrogen) atoms.